The first-order valence-electron chi connectivity index (χ1n) is 9.52. The topological polar surface area (TPSA) is 70.1 Å². The van der Waals surface area contributed by atoms with Crippen LogP contribution in [0, 0.1) is 11.8 Å². The van der Waals surface area contributed by atoms with Gasteiger partial charge in [-0.15, -0.1) is 11.3 Å². The van der Waals surface area contributed by atoms with Crippen LogP contribution in [-0.2, 0) is 9.53 Å². The maximum atomic E-state index is 13.1. The van der Waals surface area contributed by atoms with E-state index in [1.807, 2.05) is 24.6 Å². The molecule has 28 heavy (non-hydrogen) atoms. The Bertz CT molecular complexity index is 822. The van der Waals surface area contributed by atoms with Crippen molar-refractivity contribution < 1.29 is 19.4 Å². The van der Waals surface area contributed by atoms with Gasteiger partial charge in [-0.1, -0.05) is 18.2 Å². The molecule has 4 rings (SSSR count). The van der Waals surface area contributed by atoms with Crippen LogP contribution < -0.4 is 0 Å². The predicted octanol–water partition coefficient (Wildman–Crippen LogP) is 3.03. The number of hydrogen-bond donors (Lipinski definition) is 1. The summed E-state index contributed by atoms with van der Waals surface area (Å²) < 4.78 is 6.94. The van der Waals surface area contributed by atoms with Gasteiger partial charge in [0.25, 0.3) is 12.4 Å². The number of hydrogen-bond acceptors (Lipinski definition) is 5. The molecule has 1 aliphatic carbocycles. The van der Waals surface area contributed by atoms with Crippen LogP contribution in [0.3, 0.4) is 0 Å². The van der Waals surface area contributed by atoms with Gasteiger partial charge in [-0.25, -0.2) is 0 Å². The molecule has 2 aromatic rings. The lowest BCUT2D eigenvalue weighted by Crippen LogP contribution is -2.47. The molecule has 0 unspecified atom stereocenters. The molecule has 0 spiro atoms. The molecule has 152 valence electrons. The van der Waals surface area contributed by atoms with Crippen LogP contribution in [0.25, 0.3) is 10.1 Å². The van der Waals surface area contributed by atoms with Crippen molar-refractivity contribution in [1.82, 2.24) is 9.80 Å². The highest BCUT2D eigenvalue weighted by Crippen LogP contribution is 2.39. The third kappa shape index (κ3) is 4.06. The minimum Gasteiger partial charge on any atom is -0.483 e. The Morgan fingerprint density at radius 1 is 1.25 bits per heavy atom. The number of likely N-dealkylation sites (N-methyl/N-ethyl adjacent to an activating group) is 1. The van der Waals surface area contributed by atoms with Crippen molar-refractivity contribution in [2.45, 2.75) is 25.0 Å². The number of thiophene rings is 1. The third-order valence-electron chi connectivity index (χ3n) is 6.05. The Morgan fingerprint density at radius 3 is 2.54 bits per heavy atom. The summed E-state index contributed by atoms with van der Waals surface area (Å²) in [6.07, 6.45) is 2.44. The van der Waals surface area contributed by atoms with E-state index in [0.717, 1.165) is 36.9 Å². The molecule has 1 aliphatic heterocycles. The van der Waals surface area contributed by atoms with Crippen LogP contribution >= 0.6 is 11.3 Å². The smallest absolute Gasteiger partial charge is 0.290 e. The molecule has 1 aromatic heterocycles. The van der Waals surface area contributed by atoms with Gasteiger partial charge in [-0.3, -0.25) is 9.59 Å². The van der Waals surface area contributed by atoms with Crippen LogP contribution in [-0.4, -0.2) is 73.7 Å². The summed E-state index contributed by atoms with van der Waals surface area (Å²) in [5.74, 6) is 1.35. The van der Waals surface area contributed by atoms with E-state index in [2.05, 4.69) is 36.0 Å². The Labute approximate surface area is 169 Å². The lowest BCUT2D eigenvalue weighted by atomic mass is 9.77. The largest absolute Gasteiger partial charge is 0.483 e. The highest BCUT2D eigenvalue weighted by molar-refractivity contribution is 7.17. The number of carboxylic acid groups (broad SMARTS) is 1. The van der Waals surface area contributed by atoms with E-state index >= 15 is 0 Å². The molecular formula is C21H28N2O4S. The highest BCUT2D eigenvalue weighted by Gasteiger charge is 2.44. The standard InChI is InChI=1S/C20H26N2O2S.CH2O2/c1-21(2)17-8-13-10-22(11-14(13)9-18(17)24-3)20(23)16-12-25-19-7-5-4-6-15(16)19;2-1-3/h4-7,12-14,17-18H,8-11H2,1-3H3;1H,(H,2,3)/t13-,14+,17-,18-;/m1./s1. The first-order valence-corrected chi connectivity index (χ1v) is 10.4. The fraction of sp³-hybridized carbons (Fsp3) is 0.524. The molecule has 1 N–H and O–H groups in total. The maximum absolute atomic E-state index is 13.1. The number of fused-ring (bicyclic) bond motifs is 2. The van der Waals surface area contributed by atoms with Gasteiger partial charge in [-0.2, -0.15) is 0 Å². The van der Waals surface area contributed by atoms with Crippen molar-refractivity contribution in [3.63, 3.8) is 0 Å². The van der Waals surface area contributed by atoms with E-state index < -0.39 is 0 Å². The number of benzene rings is 1. The predicted molar refractivity (Wildman–Crippen MR) is 111 cm³/mol. The highest BCUT2D eigenvalue weighted by atomic mass is 32.1. The average molecular weight is 405 g/mol. The van der Waals surface area contributed by atoms with Crippen molar-refractivity contribution in [2.24, 2.45) is 11.8 Å². The molecule has 1 saturated carbocycles. The molecule has 2 fully saturated rings. The Morgan fingerprint density at radius 2 is 1.89 bits per heavy atom. The number of likely N-dealkylation sites (tertiary alicyclic amines) is 1. The second kappa shape index (κ2) is 9.03. The zero-order valence-electron chi connectivity index (χ0n) is 16.6. The summed E-state index contributed by atoms with van der Waals surface area (Å²) in [6.45, 7) is 1.50. The summed E-state index contributed by atoms with van der Waals surface area (Å²) in [5, 5.41) is 10.0. The second-order valence-corrected chi connectivity index (χ2v) is 8.67. The number of carbonyl (C=O) groups excluding carboxylic acids is 1. The molecule has 2 aliphatic rings. The molecule has 6 nitrogen and oxygen atoms in total. The van der Waals surface area contributed by atoms with Gasteiger partial charge in [0.05, 0.1) is 11.7 Å². The van der Waals surface area contributed by atoms with Crippen molar-refractivity contribution in [3.8, 4) is 0 Å². The van der Waals surface area contributed by atoms with Gasteiger partial charge in [0, 0.05) is 41.7 Å². The normalized spacial score (nSPS) is 26.6. The number of rotatable bonds is 3. The molecule has 1 aromatic carbocycles. The van der Waals surface area contributed by atoms with Crippen molar-refractivity contribution in [1.29, 1.82) is 0 Å². The number of carbonyl (C=O) groups is 2. The molecule has 0 radical (unpaired) electrons. The van der Waals surface area contributed by atoms with Crippen molar-refractivity contribution in [3.05, 3.63) is 35.2 Å². The van der Waals surface area contributed by atoms with Crippen molar-refractivity contribution in [2.75, 3.05) is 34.3 Å². The minimum absolute atomic E-state index is 0.196. The van der Waals surface area contributed by atoms with Crippen molar-refractivity contribution >= 4 is 33.8 Å². The van der Waals surface area contributed by atoms with E-state index in [0.29, 0.717) is 17.9 Å². The monoisotopic (exact) mass is 404 g/mol. The summed E-state index contributed by atoms with van der Waals surface area (Å²) >= 11 is 1.66. The lowest BCUT2D eigenvalue weighted by molar-refractivity contribution is -0.122. The van der Waals surface area contributed by atoms with E-state index in [-0.39, 0.29) is 18.5 Å². The summed E-state index contributed by atoms with van der Waals surface area (Å²) in [6, 6.07) is 8.64. The van der Waals surface area contributed by atoms with Gasteiger partial charge in [0.1, 0.15) is 0 Å². The second-order valence-electron chi connectivity index (χ2n) is 7.76. The first-order chi connectivity index (χ1) is 13.5. The molecule has 1 amide bonds. The molecule has 4 atom stereocenters. The SMILES string of the molecule is CO[C@@H]1C[C@H]2CN(C(=O)c3csc4ccccc34)C[C@H]2C[C@H]1N(C)C.O=CO. The van der Waals surface area contributed by atoms with Gasteiger partial charge >= 0.3 is 0 Å². The van der Waals surface area contributed by atoms with E-state index in [1.165, 1.54) is 4.70 Å². The quantitative estimate of drug-likeness (QED) is 0.797. The Kier molecular flexibility index (Phi) is 6.69. The van der Waals surface area contributed by atoms with E-state index in [9.17, 15) is 4.79 Å². The minimum atomic E-state index is -0.250. The number of nitrogens with zero attached hydrogens (tertiary/aromatic N) is 2. The van der Waals surface area contributed by atoms with Gasteiger partial charge in [-0.05, 0) is 44.8 Å². The van der Waals surface area contributed by atoms with Gasteiger partial charge in [0.15, 0.2) is 0 Å². The fourth-order valence-corrected chi connectivity index (χ4v) is 5.60. The zero-order chi connectivity index (χ0) is 20.3. The van der Waals surface area contributed by atoms with Crippen LogP contribution in [0.5, 0.6) is 0 Å². The molecule has 0 bridgehead atoms. The number of methoxy groups -OCH3 is 1. The average Bonchev–Trinajstić information content (AvgIpc) is 3.30. The summed E-state index contributed by atoms with van der Waals surface area (Å²) in [5.41, 5.74) is 0.867. The molecule has 2 heterocycles. The Hall–Kier alpha value is -1.96. The van der Waals surface area contributed by atoms with Crippen LogP contribution in [0.4, 0.5) is 0 Å². The summed E-state index contributed by atoms with van der Waals surface area (Å²) in [7, 11) is 6.08. The van der Waals surface area contributed by atoms with Crippen LogP contribution in [0.2, 0.25) is 0 Å². The molecule has 7 heteroatoms. The van der Waals surface area contributed by atoms with Crippen LogP contribution in [0.1, 0.15) is 23.2 Å². The molecule has 1 saturated heterocycles. The maximum Gasteiger partial charge on any atom is 0.290 e. The number of amides is 1. The lowest BCUT2D eigenvalue weighted by Gasteiger charge is -2.40. The van der Waals surface area contributed by atoms with E-state index in [4.69, 9.17) is 14.6 Å². The molecular weight excluding hydrogens is 376 g/mol. The van der Waals surface area contributed by atoms with Crippen LogP contribution in [0.15, 0.2) is 29.6 Å². The zero-order valence-corrected chi connectivity index (χ0v) is 17.4. The van der Waals surface area contributed by atoms with E-state index in [1.54, 1.807) is 11.3 Å². The first kappa shape index (κ1) is 20.8. The summed E-state index contributed by atoms with van der Waals surface area (Å²) in [4.78, 5) is 25.8. The third-order valence-corrected chi connectivity index (χ3v) is 7.01. The van der Waals surface area contributed by atoms with Gasteiger partial charge in [0.2, 0.25) is 0 Å². The fourth-order valence-electron chi connectivity index (χ4n) is 4.67. The van der Waals surface area contributed by atoms with Gasteiger partial charge < -0.3 is 19.6 Å². The Balaban J connectivity index is 0.000000706. The number of ether oxygens (including phenoxy) is 1.